The Balaban J connectivity index is 3.04. The van der Waals surface area contributed by atoms with Crippen molar-refractivity contribution in [2.45, 2.75) is 26.3 Å². The van der Waals surface area contributed by atoms with Crippen LogP contribution >= 0.6 is 11.3 Å². The van der Waals surface area contributed by atoms with Gasteiger partial charge in [-0.3, -0.25) is 0 Å². The van der Waals surface area contributed by atoms with Gasteiger partial charge in [-0.2, -0.15) is 0 Å². The molecule has 0 radical (unpaired) electrons. The van der Waals surface area contributed by atoms with Crippen molar-refractivity contribution in [2.24, 2.45) is 5.73 Å². The number of thiophene rings is 1. The minimum Gasteiger partial charge on any atom is -0.394 e. The molecule has 0 saturated carbocycles. The quantitative estimate of drug-likeness (QED) is 0.734. The molecule has 1 atom stereocenters. The van der Waals surface area contributed by atoms with Gasteiger partial charge in [0.1, 0.15) is 0 Å². The molecule has 68 valence electrons. The van der Waals surface area contributed by atoms with Gasteiger partial charge >= 0.3 is 0 Å². The maximum absolute atomic E-state index is 9.03. The van der Waals surface area contributed by atoms with Crippen molar-refractivity contribution in [3.8, 4) is 0 Å². The van der Waals surface area contributed by atoms with Gasteiger partial charge in [0.05, 0.1) is 12.1 Å². The monoisotopic (exact) mass is 185 g/mol. The zero-order valence-electron chi connectivity index (χ0n) is 7.72. The Bertz CT molecular complexity index is 259. The number of rotatable bonds is 2. The summed E-state index contributed by atoms with van der Waals surface area (Å²) in [5.41, 5.74) is 6.55. The lowest BCUT2D eigenvalue weighted by Gasteiger charge is -2.19. The van der Waals surface area contributed by atoms with Gasteiger partial charge in [-0.1, -0.05) is 0 Å². The molecular weight excluding hydrogens is 170 g/mol. The van der Waals surface area contributed by atoms with E-state index in [9.17, 15) is 0 Å². The van der Waals surface area contributed by atoms with E-state index >= 15 is 0 Å². The standard InChI is InChI=1S/C9H15NOS/c1-6-4-8(12-7(6)2)9(3,10)5-11/h4,11H,5,10H2,1-3H3/t9-/m0/s1. The molecule has 0 saturated heterocycles. The maximum atomic E-state index is 9.03. The van der Waals surface area contributed by atoms with Gasteiger partial charge in [0.25, 0.3) is 0 Å². The third-order valence-corrected chi connectivity index (χ3v) is 3.49. The van der Waals surface area contributed by atoms with E-state index in [1.54, 1.807) is 11.3 Å². The van der Waals surface area contributed by atoms with Crippen molar-refractivity contribution in [3.05, 3.63) is 21.4 Å². The van der Waals surface area contributed by atoms with Crippen LogP contribution in [-0.2, 0) is 5.54 Å². The van der Waals surface area contributed by atoms with Crippen LogP contribution in [0.3, 0.4) is 0 Å². The van der Waals surface area contributed by atoms with Crippen molar-refractivity contribution in [1.82, 2.24) is 0 Å². The average molecular weight is 185 g/mol. The van der Waals surface area contributed by atoms with Gasteiger partial charge in [0.2, 0.25) is 0 Å². The fraction of sp³-hybridized carbons (Fsp3) is 0.556. The number of nitrogens with two attached hydrogens (primary N) is 1. The zero-order chi connectivity index (χ0) is 9.35. The fourth-order valence-electron chi connectivity index (χ4n) is 0.933. The lowest BCUT2D eigenvalue weighted by atomic mass is 10.0. The van der Waals surface area contributed by atoms with Gasteiger partial charge in [-0.05, 0) is 32.4 Å². The SMILES string of the molecule is Cc1cc([C@@](C)(N)CO)sc1C. The van der Waals surface area contributed by atoms with Gasteiger partial charge in [-0.15, -0.1) is 11.3 Å². The van der Waals surface area contributed by atoms with Crippen molar-refractivity contribution in [1.29, 1.82) is 0 Å². The van der Waals surface area contributed by atoms with Crippen LogP contribution in [0.15, 0.2) is 6.07 Å². The molecule has 1 aromatic heterocycles. The lowest BCUT2D eigenvalue weighted by Crippen LogP contribution is -2.35. The highest BCUT2D eigenvalue weighted by Crippen LogP contribution is 2.28. The van der Waals surface area contributed by atoms with Crippen LogP contribution in [0.5, 0.6) is 0 Å². The summed E-state index contributed by atoms with van der Waals surface area (Å²) in [6.45, 7) is 5.96. The first-order chi connectivity index (χ1) is 5.47. The topological polar surface area (TPSA) is 46.2 Å². The van der Waals surface area contributed by atoms with Crippen LogP contribution in [0.2, 0.25) is 0 Å². The van der Waals surface area contributed by atoms with Crippen molar-refractivity contribution in [2.75, 3.05) is 6.61 Å². The molecule has 0 aromatic carbocycles. The molecule has 0 spiro atoms. The summed E-state index contributed by atoms with van der Waals surface area (Å²) in [6.07, 6.45) is 0. The molecule has 0 amide bonds. The van der Waals surface area contributed by atoms with Crippen LogP contribution in [-0.4, -0.2) is 11.7 Å². The Morgan fingerprint density at radius 1 is 1.58 bits per heavy atom. The van der Waals surface area contributed by atoms with E-state index in [2.05, 4.69) is 19.9 Å². The van der Waals surface area contributed by atoms with Crippen LogP contribution in [0.4, 0.5) is 0 Å². The number of hydrogen-bond donors (Lipinski definition) is 2. The molecule has 0 aliphatic carbocycles. The third kappa shape index (κ3) is 1.68. The first-order valence-electron chi connectivity index (χ1n) is 3.94. The molecule has 0 bridgehead atoms. The Labute approximate surface area is 77.0 Å². The van der Waals surface area contributed by atoms with Gasteiger partial charge in [0.15, 0.2) is 0 Å². The van der Waals surface area contributed by atoms with Crippen LogP contribution in [0, 0.1) is 13.8 Å². The van der Waals surface area contributed by atoms with Gasteiger partial charge < -0.3 is 10.8 Å². The highest BCUT2D eigenvalue weighted by Gasteiger charge is 2.22. The first kappa shape index (κ1) is 9.71. The molecule has 0 aliphatic heterocycles. The highest BCUT2D eigenvalue weighted by molar-refractivity contribution is 7.12. The molecule has 3 N–H and O–H groups in total. The molecule has 0 unspecified atom stereocenters. The largest absolute Gasteiger partial charge is 0.394 e. The summed E-state index contributed by atoms with van der Waals surface area (Å²) >= 11 is 1.66. The fourth-order valence-corrected chi connectivity index (χ4v) is 2.02. The van der Waals surface area contributed by atoms with E-state index in [1.807, 2.05) is 6.92 Å². The van der Waals surface area contributed by atoms with Crippen molar-refractivity contribution in [3.63, 3.8) is 0 Å². The lowest BCUT2D eigenvalue weighted by molar-refractivity contribution is 0.212. The first-order valence-corrected chi connectivity index (χ1v) is 4.76. The molecule has 0 fully saturated rings. The second kappa shape index (κ2) is 3.17. The Morgan fingerprint density at radius 2 is 2.17 bits per heavy atom. The maximum Gasteiger partial charge on any atom is 0.0709 e. The van der Waals surface area contributed by atoms with Gasteiger partial charge in [-0.25, -0.2) is 0 Å². The molecular formula is C9H15NOS. The van der Waals surface area contributed by atoms with Crippen LogP contribution in [0.1, 0.15) is 22.2 Å². The molecule has 1 aromatic rings. The molecule has 1 rings (SSSR count). The molecule has 2 nitrogen and oxygen atoms in total. The molecule has 12 heavy (non-hydrogen) atoms. The van der Waals surface area contributed by atoms with E-state index in [0.29, 0.717) is 0 Å². The number of aliphatic hydroxyl groups excluding tert-OH is 1. The smallest absolute Gasteiger partial charge is 0.0709 e. The summed E-state index contributed by atoms with van der Waals surface area (Å²) in [6, 6.07) is 2.05. The second-order valence-electron chi connectivity index (χ2n) is 3.43. The van der Waals surface area contributed by atoms with E-state index in [4.69, 9.17) is 10.8 Å². The zero-order valence-corrected chi connectivity index (χ0v) is 8.53. The summed E-state index contributed by atoms with van der Waals surface area (Å²) in [7, 11) is 0. The number of hydrogen-bond acceptors (Lipinski definition) is 3. The Hall–Kier alpha value is -0.380. The molecule has 1 heterocycles. The number of aliphatic hydroxyl groups is 1. The highest BCUT2D eigenvalue weighted by atomic mass is 32.1. The second-order valence-corrected chi connectivity index (χ2v) is 4.68. The summed E-state index contributed by atoms with van der Waals surface area (Å²) in [4.78, 5) is 2.33. The minimum absolute atomic E-state index is 0.00755. The summed E-state index contributed by atoms with van der Waals surface area (Å²) in [5.74, 6) is 0. The predicted molar refractivity (Wildman–Crippen MR) is 52.4 cm³/mol. The van der Waals surface area contributed by atoms with E-state index in [-0.39, 0.29) is 6.61 Å². The minimum atomic E-state index is -0.580. The van der Waals surface area contributed by atoms with E-state index in [1.165, 1.54) is 10.4 Å². The van der Waals surface area contributed by atoms with Crippen LogP contribution < -0.4 is 5.73 Å². The molecule has 3 heteroatoms. The van der Waals surface area contributed by atoms with E-state index in [0.717, 1.165) is 4.88 Å². The Morgan fingerprint density at radius 3 is 2.50 bits per heavy atom. The van der Waals surface area contributed by atoms with Crippen molar-refractivity contribution < 1.29 is 5.11 Å². The third-order valence-electron chi connectivity index (χ3n) is 2.06. The molecule has 0 aliphatic rings. The van der Waals surface area contributed by atoms with Crippen LogP contribution in [0.25, 0.3) is 0 Å². The normalized spacial score (nSPS) is 16.1. The summed E-state index contributed by atoms with van der Waals surface area (Å²) < 4.78 is 0. The van der Waals surface area contributed by atoms with Gasteiger partial charge in [0, 0.05) is 9.75 Å². The average Bonchev–Trinajstić information content (AvgIpc) is 2.33. The number of aryl methyl sites for hydroxylation is 2. The predicted octanol–water partition coefficient (Wildman–Crippen LogP) is 1.53. The van der Waals surface area contributed by atoms with Crippen molar-refractivity contribution >= 4 is 11.3 Å². The summed E-state index contributed by atoms with van der Waals surface area (Å²) in [5, 5.41) is 9.03. The Kier molecular flexibility index (Phi) is 2.56. The van der Waals surface area contributed by atoms with E-state index < -0.39 is 5.54 Å².